The second-order valence-electron chi connectivity index (χ2n) is 7.34. The van der Waals surface area contributed by atoms with Gasteiger partial charge < -0.3 is 18.6 Å². The molecule has 1 fully saturated rings. The number of hydrogen-bond acceptors (Lipinski definition) is 9. The Morgan fingerprint density at radius 1 is 1.06 bits per heavy atom. The quantitative estimate of drug-likeness (QED) is 0.253. The molecule has 5 rings (SSSR count). The Morgan fingerprint density at radius 3 is 2.63 bits per heavy atom. The van der Waals surface area contributed by atoms with Crippen molar-refractivity contribution in [3.8, 4) is 28.6 Å². The standard InChI is InChI=1S/C23H15N3O9/c1-32-19-9-13(26(30)31)2-5-15(19)17-7-4-14(35-17)10-16-21(27)24-23(29)25(22(16)28)12-3-6-18-20(8-12)34-11-33-18/h2-10H,11H2,1H3,(H,24,27,29). The summed E-state index contributed by atoms with van der Waals surface area (Å²) in [6.45, 7) is 0.0168. The first-order valence-electron chi connectivity index (χ1n) is 10.1. The molecule has 3 heterocycles. The number of rotatable bonds is 5. The number of nitrogens with one attached hydrogen (secondary N) is 1. The molecule has 0 atom stereocenters. The van der Waals surface area contributed by atoms with Gasteiger partial charge in [-0.2, -0.15) is 0 Å². The maximum absolute atomic E-state index is 13.1. The van der Waals surface area contributed by atoms with Crippen LogP contribution in [0.4, 0.5) is 16.2 Å². The summed E-state index contributed by atoms with van der Waals surface area (Å²) in [5.74, 6) is -0.284. The number of amides is 4. The van der Waals surface area contributed by atoms with E-state index in [9.17, 15) is 24.5 Å². The molecule has 1 saturated heterocycles. The van der Waals surface area contributed by atoms with Gasteiger partial charge in [0.2, 0.25) is 6.79 Å². The number of urea groups is 1. The maximum atomic E-state index is 13.1. The van der Waals surface area contributed by atoms with Crippen molar-refractivity contribution in [1.82, 2.24) is 5.32 Å². The monoisotopic (exact) mass is 477 g/mol. The first-order valence-corrected chi connectivity index (χ1v) is 10.1. The zero-order chi connectivity index (χ0) is 24.7. The number of non-ortho nitro benzene ring substituents is 1. The van der Waals surface area contributed by atoms with E-state index < -0.39 is 22.8 Å². The van der Waals surface area contributed by atoms with Gasteiger partial charge in [0.05, 0.1) is 29.4 Å². The molecule has 4 amide bonds. The summed E-state index contributed by atoms with van der Waals surface area (Å²) in [5.41, 5.74) is 0.126. The molecular formula is C23H15N3O9. The second kappa shape index (κ2) is 8.33. The molecule has 1 N–H and O–H groups in total. The Kier molecular flexibility index (Phi) is 5.17. The average molecular weight is 477 g/mol. The normalized spacial score (nSPS) is 16.0. The molecule has 1 aromatic heterocycles. The van der Waals surface area contributed by atoms with Crippen LogP contribution in [0.2, 0.25) is 0 Å². The largest absolute Gasteiger partial charge is 0.496 e. The first-order chi connectivity index (χ1) is 16.9. The van der Waals surface area contributed by atoms with Crippen LogP contribution in [0.3, 0.4) is 0 Å². The number of carbonyl (C=O) groups excluding carboxylic acids is 3. The van der Waals surface area contributed by atoms with Crippen molar-refractivity contribution in [3.63, 3.8) is 0 Å². The van der Waals surface area contributed by atoms with E-state index in [2.05, 4.69) is 5.32 Å². The number of furan rings is 1. The molecule has 12 nitrogen and oxygen atoms in total. The lowest BCUT2D eigenvalue weighted by atomic mass is 10.1. The number of nitro benzene ring substituents is 1. The van der Waals surface area contributed by atoms with Crippen molar-refractivity contribution in [2.75, 3.05) is 18.8 Å². The van der Waals surface area contributed by atoms with Gasteiger partial charge in [0, 0.05) is 12.1 Å². The zero-order valence-corrected chi connectivity index (χ0v) is 18.0. The molecule has 0 bridgehead atoms. The van der Waals surface area contributed by atoms with Gasteiger partial charge in [-0.05, 0) is 36.4 Å². The molecule has 35 heavy (non-hydrogen) atoms. The summed E-state index contributed by atoms with van der Waals surface area (Å²) in [7, 11) is 1.36. The summed E-state index contributed by atoms with van der Waals surface area (Å²) >= 11 is 0. The molecule has 2 aliphatic heterocycles. The molecule has 0 spiro atoms. The summed E-state index contributed by atoms with van der Waals surface area (Å²) < 4.78 is 21.5. The topological polar surface area (TPSA) is 150 Å². The van der Waals surface area contributed by atoms with Gasteiger partial charge in [-0.3, -0.25) is 25.0 Å². The second-order valence-corrected chi connectivity index (χ2v) is 7.34. The third-order valence-corrected chi connectivity index (χ3v) is 5.29. The molecule has 0 unspecified atom stereocenters. The number of nitro groups is 1. The summed E-state index contributed by atoms with van der Waals surface area (Å²) in [4.78, 5) is 49.3. The molecule has 0 saturated carbocycles. The number of nitrogens with zero attached hydrogens (tertiary/aromatic N) is 2. The Balaban J connectivity index is 1.47. The molecule has 12 heteroatoms. The van der Waals surface area contributed by atoms with Crippen LogP contribution < -0.4 is 24.4 Å². The average Bonchev–Trinajstić information content (AvgIpc) is 3.50. The van der Waals surface area contributed by atoms with Crippen molar-refractivity contribution in [1.29, 1.82) is 0 Å². The lowest BCUT2D eigenvalue weighted by molar-refractivity contribution is -0.384. The third kappa shape index (κ3) is 3.82. The molecule has 176 valence electrons. The Labute approximate surface area is 196 Å². The fraction of sp³-hybridized carbons (Fsp3) is 0.0870. The van der Waals surface area contributed by atoms with Gasteiger partial charge in [-0.1, -0.05) is 0 Å². The van der Waals surface area contributed by atoms with Crippen LogP contribution in [-0.2, 0) is 9.59 Å². The minimum atomic E-state index is -0.910. The van der Waals surface area contributed by atoms with Gasteiger partial charge in [-0.15, -0.1) is 0 Å². The predicted octanol–water partition coefficient (Wildman–Crippen LogP) is 3.26. The molecular weight excluding hydrogens is 462 g/mol. The fourth-order valence-electron chi connectivity index (χ4n) is 3.63. The number of anilines is 1. The van der Waals surface area contributed by atoms with Gasteiger partial charge in [0.1, 0.15) is 22.8 Å². The van der Waals surface area contributed by atoms with Crippen LogP contribution in [0, 0.1) is 10.1 Å². The van der Waals surface area contributed by atoms with Crippen molar-refractivity contribution in [2.45, 2.75) is 0 Å². The minimum absolute atomic E-state index is 0.0168. The number of hydrogen-bond donors (Lipinski definition) is 1. The van der Waals surface area contributed by atoms with Crippen LogP contribution in [-0.4, -0.2) is 36.7 Å². The van der Waals surface area contributed by atoms with E-state index in [0.29, 0.717) is 17.1 Å². The number of fused-ring (bicyclic) bond motifs is 1. The van der Waals surface area contributed by atoms with E-state index in [4.69, 9.17) is 18.6 Å². The predicted molar refractivity (Wildman–Crippen MR) is 119 cm³/mol. The smallest absolute Gasteiger partial charge is 0.335 e. The number of carbonyl (C=O) groups is 3. The van der Waals surface area contributed by atoms with E-state index in [0.717, 1.165) is 4.90 Å². The Hall–Kier alpha value is -5.13. The van der Waals surface area contributed by atoms with Gasteiger partial charge >= 0.3 is 6.03 Å². The Morgan fingerprint density at radius 2 is 1.86 bits per heavy atom. The molecule has 0 radical (unpaired) electrons. The molecule has 2 aromatic carbocycles. The SMILES string of the molecule is COc1cc([N+](=O)[O-])ccc1-c1ccc(C=C2C(=O)NC(=O)N(c3ccc4c(c3)OCO4)C2=O)o1. The maximum Gasteiger partial charge on any atom is 0.335 e. The van der Waals surface area contributed by atoms with Gasteiger partial charge in [0.15, 0.2) is 11.5 Å². The summed E-state index contributed by atoms with van der Waals surface area (Å²) in [6, 6.07) is 10.7. The van der Waals surface area contributed by atoms with Crippen molar-refractivity contribution >= 4 is 35.3 Å². The highest BCUT2D eigenvalue weighted by atomic mass is 16.7. The van der Waals surface area contributed by atoms with Gasteiger partial charge in [0.25, 0.3) is 17.5 Å². The van der Waals surface area contributed by atoms with Crippen molar-refractivity contribution < 1.29 is 37.9 Å². The molecule has 0 aliphatic carbocycles. The van der Waals surface area contributed by atoms with E-state index in [-0.39, 0.29) is 41.0 Å². The van der Waals surface area contributed by atoms with E-state index in [1.54, 1.807) is 12.1 Å². The number of benzene rings is 2. The van der Waals surface area contributed by atoms with Crippen LogP contribution >= 0.6 is 0 Å². The number of imide groups is 2. The fourth-order valence-corrected chi connectivity index (χ4v) is 3.63. The summed E-state index contributed by atoms with van der Waals surface area (Å²) in [6.07, 6.45) is 1.20. The molecule has 2 aliphatic rings. The highest BCUT2D eigenvalue weighted by Crippen LogP contribution is 2.37. The first kappa shape index (κ1) is 21.7. The van der Waals surface area contributed by atoms with E-state index >= 15 is 0 Å². The highest BCUT2D eigenvalue weighted by molar-refractivity contribution is 6.39. The number of methoxy groups -OCH3 is 1. The van der Waals surface area contributed by atoms with Crippen LogP contribution in [0.5, 0.6) is 17.2 Å². The van der Waals surface area contributed by atoms with Crippen LogP contribution in [0.1, 0.15) is 5.76 Å². The molecule has 3 aromatic rings. The van der Waals surface area contributed by atoms with E-state index in [1.165, 1.54) is 49.6 Å². The van der Waals surface area contributed by atoms with Crippen molar-refractivity contribution in [2.24, 2.45) is 0 Å². The number of barbiturate groups is 1. The lowest BCUT2D eigenvalue weighted by Crippen LogP contribution is -2.54. The van der Waals surface area contributed by atoms with E-state index in [1.807, 2.05) is 0 Å². The highest BCUT2D eigenvalue weighted by Gasteiger charge is 2.37. The summed E-state index contributed by atoms with van der Waals surface area (Å²) in [5, 5.41) is 13.2. The number of ether oxygens (including phenoxy) is 3. The zero-order valence-electron chi connectivity index (χ0n) is 18.0. The third-order valence-electron chi connectivity index (χ3n) is 5.29. The van der Waals surface area contributed by atoms with Gasteiger partial charge in [-0.25, -0.2) is 9.69 Å². The van der Waals surface area contributed by atoms with Crippen LogP contribution in [0.15, 0.2) is 58.5 Å². The van der Waals surface area contributed by atoms with Crippen molar-refractivity contribution in [3.05, 3.63) is 70.0 Å². The lowest BCUT2D eigenvalue weighted by Gasteiger charge is -2.26. The Bertz CT molecular complexity index is 1440. The minimum Gasteiger partial charge on any atom is -0.496 e. The van der Waals surface area contributed by atoms with Crippen LogP contribution in [0.25, 0.3) is 17.4 Å².